The quantitative estimate of drug-likeness (QED) is 0.732. The minimum Gasteiger partial charge on any atom is -0.478 e. The fourth-order valence-electron chi connectivity index (χ4n) is 1.25. The van der Waals surface area contributed by atoms with Gasteiger partial charge in [-0.2, -0.15) is 8.42 Å². The molecule has 2 aromatic heterocycles. The van der Waals surface area contributed by atoms with Crippen molar-refractivity contribution in [2.24, 2.45) is 0 Å². The van der Waals surface area contributed by atoms with Gasteiger partial charge in [0.15, 0.2) is 5.03 Å². The highest BCUT2D eigenvalue weighted by Gasteiger charge is 2.19. The maximum atomic E-state index is 11.8. The lowest BCUT2D eigenvalue weighted by Gasteiger charge is -2.07. The molecule has 18 heavy (non-hydrogen) atoms. The molecule has 8 nitrogen and oxygen atoms in total. The van der Waals surface area contributed by atoms with Crippen molar-refractivity contribution in [3.8, 4) is 0 Å². The van der Waals surface area contributed by atoms with E-state index in [0.29, 0.717) is 0 Å². The highest BCUT2D eigenvalue weighted by atomic mass is 32.2. The molecule has 0 fully saturated rings. The first-order valence-electron chi connectivity index (χ1n) is 4.69. The number of H-pyrrole nitrogens is 1. The smallest absolute Gasteiger partial charge is 0.337 e. The number of sulfonamides is 1. The number of hydrogen-bond acceptors (Lipinski definition) is 5. The summed E-state index contributed by atoms with van der Waals surface area (Å²) in [4.78, 5) is 20.6. The van der Waals surface area contributed by atoms with Crippen molar-refractivity contribution in [2.45, 2.75) is 5.03 Å². The van der Waals surface area contributed by atoms with E-state index < -0.39 is 16.0 Å². The normalized spacial score (nSPS) is 11.1. The Morgan fingerprint density at radius 3 is 2.72 bits per heavy atom. The first kappa shape index (κ1) is 12.0. The zero-order valence-electron chi connectivity index (χ0n) is 8.86. The van der Waals surface area contributed by atoms with Crippen LogP contribution in [0, 0.1) is 0 Å². The van der Waals surface area contributed by atoms with Gasteiger partial charge in [-0.15, -0.1) is 0 Å². The second kappa shape index (κ2) is 4.45. The van der Waals surface area contributed by atoms with Gasteiger partial charge in [0, 0.05) is 6.20 Å². The predicted molar refractivity (Wildman–Crippen MR) is 60.6 cm³/mol. The molecule has 0 spiro atoms. The van der Waals surface area contributed by atoms with E-state index in [1.807, 2.05) is 0 Å². The molecule has 0 aliphatic heterocycles. The third-order valence-corrected chi connectivity index (χ3v) is 3.35. The summed E-state index contributed by atoms with van der Waals surface area (Å²) < 4.78 is 25.8. The number of rotatable bonds is 4. The average molecular weight is 268 g/mol. The van der Waals surface area contributed by atoms with Crippen molar-refractivity contribution in [2.75, 3.05) is 4.72 Å². The highest BCUT2D eigenvalue weighted by Crippen LogP contribution is 2.17. The van der Waals surface area contributed by atoms with Crippen LogP contribution in [0.15, 0.2) is 36.0 Å². The Morgan fingerprint density at radius 2 is 2.11 bits per heavy atom. The number of imidazole rings is 1. The van der Waals surface area contributed by atoms with Crippen LogP contribution in [-0.2, 0) is 10.0 Å². The number of carbonyl (C=O) groups is 1. The van der Waals surface area contributed by atoms with Crippen LogP contribution in [0.5, 0.6) is 0 Å². The van der Waals surface area contributed by atoms with E-state index in [-0.39, 0.29) is 16.3 Å². The van der Waals surface area contributed by atoms with Crippen molar-refractivity contribution in [1.82, 2.24) is 15.0 Å². The molecule has 2 heterocycles. The lowest BCUT2D eigenvalue weighted by atomic mass is 10.2. The minimum atomic E-state index is -3.90. The molecule has 0 aromatic carbocycles. The van der Waals surface area contributed by atoms with Gasteiger partial charge in [-0.05, 0) is 6.07 Å². The van der Waals surface area contributed by atoms with Crippen molar-refractivity contribution in [3.63, 3.8) is 0 Å². The average Bonchev–Trinajstić information content (AvgIpc) is 2.83. The van der Waals surface area contributed by atoms with E-state index >= 15 is 0 Å². The van der Waals surface area contributed by atoms with Gasteiger partial charge < -0.3 is 10.1 Å². The highest BCUT2D eigenvalue weighted by molar-refractivity contribution is 7.92. The zero-order chi connectivity index (χ0) is 13.2. The molecule has 0 unspecified atom stereocenters. The summed E-state index contributed by atoms with van der Waals surface area (Å²) in [6.45, 7) is 0. The molecule has 0 amide bonds. The van der Waals surface area contributed by atoms with Gasteiger partial charge in [0.05, 0.1) is 30.0 Å². The largest absolute Gasteiger partial charge is 0.478 e. The monoisotopic (exact) mass is 268 g/mol. The van der Waals surface area contributed by atoms with Crippen LogP contribution in [0.25, 0.3) is 0 Å². The van der Waals surface area contributed by atoms with Crippen molar-refractivity contribution >= 4 is 21.7 Å². The molecule has 0 atom stereocenters. The molecule has 0 bridgehead atoms. The first-order valence-corrected chi connectivity index (χ1v) is 6.17. The third kappa shape index (κ3) is 2.30. The lowest BCUT2D eigenvalue weighted by Crippen LogP contribution is -2.16. The van der Waals surface area contributed by atoms with E-state index in [1.165, 1.54) is 18.6 Å². The Kier molecular flexibility index (Phi) is 2.98. The molecule has 3 N–H and O–H groups in total. The van der Waals surface area contributed by atoms with Crippen LogP contribution < -0.4 is 4.72 Å². The van der Waals surface area contributed by atoms with Crippen LogP contribution in [0.2, 0.25) is 0 Å². The Bertz CT molecular complexity index is 666. The van der Waals surface area contributed by atoms with Crippen LogP contribution >= 0.6 is 0 Å². The maximum absolute atomic E-state index is 11.8. The van der Waals surface area contributed by atoms with Crippen molar-refractivity contribution < 1.29 is 18.3 Å². The van der Waals surface area contributed by atoms with Gasteiger partial charge in [0.1, 0.15) is 0 Å². The number of pyridine rings is 1. The second-order valence-electron chi connectivity index (χ2n) is 3.25. The van der Waals surface area contributed by atoms with Gasteiger partial charge in [-0.1, -0.05) is 0 Å². The van der Waals surface area contributed by atoms with Gasteiger partial charge in [-0.25, -0.2) is 9.78 Å². The fourth-order valence-corrected chi connectivity index (χ4v) is 2.22. The van der Waals surface area contributed by atoms with Crippen LogP contribution in [0.3, 0.4) is 0 Å². The van der Waals surface area contributed by atoms with E-state index in [2.05, 4.69) is 19.7 Å². The molecule has 9 heteroatoms. The SMILES string of the molecule is O=C(O)c1ccncc1NS(=O)(=O)c1cnc[nH]1. The topological polar surface area (TPSA) is 125 Å². The maximum Gasteiger partial charge on any atom is 0.337 e. The molecule has 2 rings (SSSR count). The lowest BCUT2D eigenvalue weighted by molar-refractivity contribution is 0.0698. The summed E-state index contributed by atoms with van der Waals surface area (Å²) in [5.41, 5.74) is -0.298. The number of aromatic amines is 1. The number of anilines is 1. The van der Waals surface area contributed by atoms with E-state index in [4.69, 9.17) is 5.11 Å². The number of aromatic nitrogens is 3. The Balaban J connectivity index is 2.39. The van der Waals surface area contributed by atoms with Gasteiger partial charge in [0.25, 0.3) is 10.0 Å². The third-order valence-electron chi connectivity index (χ3n) is 2.06. The van der Waals surface area contributed by atoms with Gasteiger partial charge in [-0.3, -0.25) is 9.71 Å². The van der Waals surface area contributed by atoms with Gasteiger partial charge in [0.2, 0.25) is 0 Å². The van der Waals surface area contributed by atoms with Crippen molar-refractivity contribution in [3.05, 3.63) is 36.5 Å². The van der Waals surface area contributed by atoms with Crippen molar-refractivity contribution in [1.29, 1.82) is 0 Å². The molecule has 0 aliphatic rings. The zero-order valence-corrected chi connectivity index (χ0v) is 9.68. The first-order chi connectivity index (χ1) is 8.50. The number of nitrogens with zero attached hydrogens (tertiary/aromatic N) is 2. The summed E-state index contributed by atoms with van der Waals surface area (Å²) in [5.74, 6) is -1.25. The number of carboxylic acids is 1. The summed E-state index contributed by atoms with van der Waals surface area (Å²) in [6.07, 6.45) is 4.70. The minimum absolute atomic E-state index is 0.111. The van der Waals surface area contributed by atoms with Crippen LogP contribution in [0.1, 0.15) is 10.4 Å². The van der Waals surface area contributed by atoms with E-state index in [0.717, 1.165) is 12.4 Å². The molecular formula is C9H8N4O4S. The predicted octanol–water partition coefficient (Wildman–Crippen LogP) is 0.304. The standard InChI is InChI=1S/C9H8N4O4S/c14-9(15)6-1-2-10-3-7(6)13-18(16,17)8-4-11-5-12-8/h1-5,13H,(H,11,12)(H,14,15). The molecule has 2 aromatic rings. The summed E-state index contributed by atoms with van der Waals surface area (Å²) in [7, 11) is -3.90. The number of hydrogen-bond donors (Lipinski definition) is 3. The number of aromatic carboxylic acids is 1. The Hall–Kier alpha value is -2.42. The number of carboxylic acid groups (broad SMARTS) is 1. The van der Waals surface area contributed by atoms with Crippen LogP contribution in [-0.4, -0.2) is 34.4 Å². The summed E-state index contributed by atoms with van der Waals surface area (Å²) >= 11 is 0. The Morgan fingerprint density at radius 1 is 1.33 bits per heavy atom. The molecule has 94 valence electrons. The molecule has 0 saturated heterocycles. The molecule has 0 aliphatic carbocycles. The van der Waals surface area contributed by atoms with Gasteiger partial charge >= 0.3 is 5.97 Å². The number of nitrogens with one attached hydrogen (secondary N) is 2. The Labute approximate surface area is 102 Å². The summed E-state index contributed by atoms with van der Waals surface area (Å²) in [5, 5.41) is 8.75. The molecular weight excluding hydrogens is 260 g/mol. The molecule has 0 radical (unpaired) electrons. The molecule has 0 saturated carbocycles. The second-order valence-corrected chi connectivity index (χ2v) is 4.90. The van der Waals surface area contributed by atoms with E-state index in [1.54, 1.807) is 0 Å². The summed E-state index contributed by atoms with van der Waals surface area (Å²) in [6, 6.07) is 1.20. The van der Waals surface area contributed by atoms with Crippen LogP contribution in [0.4, 0.5) is 5.69 Å². The fraction of sp³-hybridized carbons (Fsp3) is 0. The van der Waals surface area contributed by atoms with E-state index in [9.17, 15) is 13.2 Å².